The van der Waals surface area contributed by atoms with E-state index < -0.39 is 35.4 Å². The van der Waals surface area contributed by atoms with Gasteiger partial charge in [-0.3, -0.25) is 14.6 Å². The van der Waals surface area contributed by atoms with Gasteiger partial charge in [-0.2, -0.15) is 13.2 Å². The molecule has 3 atom stereocenters. The molecule has 1 N–H and O–H groups in total. The zero-order valence-electron chi connectivity index (χ0n) is 24.4. The highest BCUT2D eigenvalue weighted by molar-refractivity contribution is 5.79. The summed E-state index contributed by atoms with van der Waals surface area (Å²) in [6, 6.07) is 12.9. The van der Waals surface area contributed by atoms with Crippen LogP contribution >= 0.6 is 0 Å². The van der Waals surface area contributed by atoms with Crippen LogP contribution < -0.4 is 4.74 Å². The Kier molecular flexibility index (Phi) is 10.7. The normalized spacial score (nSPS) is 22.0. The molecular formula is C31H43F3N2O4. The van der Waals surface area contributed by atoms with E-state index in [1.54, 1.807) is 0 Å². The molecule has 1 heterocycles. The summed E-state index contributed by atoms with van der Waals surface area (Å²) in [7, 11) is 1.41. The van der Waals surface area contributed by atoms with Gasteiger partial charge in [0.25, 0.3) is 0 Å². The third-order valence-corrected chi connectivity index (χ3v) is 7.96. The van der Waals surface area contributed by atoms with Crippen molar-refractivity contribution < 1.29 is 32.5 Å². The number of nitrogens with zero attached hydrogens (tertiary/aromatic N) is 2. The van der Waals surface area contributed by atoms with E-state index in [1.165, 1.54) is 13.2 Å². The van der Waals surface area contributed by atoms with Crippen molar-refractivity contribution in [2.45, 2.75) is 103 Å². The minimum absolute atomic E-state index is 0.142. The number of alkyl halides is 3. The molecule has 0 aliphatic carbocycles. The van der Waals surface area contributed by atoms with Crippen LogP contribution in [0.25, 0.3) is 0 Å². The van der Waals surface area contributed by atoms with E-state index >= 15 is 0 Å². The number of carboxylic acids is 1. The van der Waals surface area contributed by atoms with Gasteiger partial charge in [-0.25, -0.2) is 0 Å². The Morgan fingerprint density at radius 2 is 1.77 bits per heavy atom. The predicted octanol–water partition coefficient (Wildman–Crippen LogP) is 7.14. The summed E-state index contributed by atoms with van der Waals surface area (Å²) in [5.74, 6) is -0.613. The largest absolute Gasteiger partial charge is 0.496 e. The van der Waals surface area contributed by atoms with Crippen LogP contribution in [0.15, 0.2) is 48.5 Å². The van der Waals surface area contributed by atoms with Gasteiger partial charge in [0.2, 0.25) is 0 Å². The maximum atomic E-state index is 13.5. The van der Waals surface area contributed by atoms with Crippen LogP contribution in [-0.4, -0.2) is 58.4 Å². The molecule has 40 heavy (non-hydrogen) atoms. The molecule has 1 aliphatic heterocycles. The Morgan fingerprint density at radius 1 is 1.12 bits per heavy atom. The maximum Gasteiger partial charge on any atom is 0.416 e. The van der Waals surface area contributed by atoms with Crippen LogP contribution in [0.4, 0.5) is 13.2 Å². The topological polar surface area (TPSA) is 62.2 Å². The number of carboxylic acid groups (broad SMARTS) is 1. The first-order valence-corrected chi connectivity index (χ1v) is 14.0. The zero-order chi connectivity index (χ0) is 29.7. The highest BCUT2D eigenvalue weighted by atomic mass is 19.4. The summed E-state index contributed by atoms with van der Waals surface area (Å²) in [5, 5.41) is 10.8. The number of carbonyl (C=O) groups is 1. The number of rotatable bonds is 13. The first-order valence-electron chi connectivity index (χ1n) is 14.0. The fourth-order valence-electron chi connectivity index (χ4n) is 5.84. The van der Waals surface area contributed by atoms with E-state index in [1.807, 2.05) is 37.3 Å². The first kappa shape index (κ1) is 31.9. The summed E-state index contributed by atoms with van der Waals surface area (Å²) in [4.78, 5) is 17.5. The van der Waals surface area contributed by atoms with Gasteiger partial charge in [0.1, 0.15) is 11.3 Å². The second kappa shape index (κ2) is 13.4. The van der Waals surface area contributed by atoms with Gasteiger partial charge >= 0.3 is 12.1 Å². The minimum atomic E-state index is -4.51. The average Bonchev–Trinajstić information content (AvgIpc) is 3.22. The van der Waals surface area contributed by atoms with E-state index in [9.17, 15) is 23.1 Å². The third-order valence-electron chi connectivity index (χ3n) is 7.96. The molecule has 0 bridgehead atoms. The molecule has 0 saturated carbocycles. The van der Waals surface area contributed by atoms with Gasteiger partial charge in [-0.15, -0.1) is 0 Å². The molecule has 3 unspecified atom stereocenters. The Bertz CT molecular complexity index is 1100. The van der Waals surface area contributed by atoms with Crippen LogP contribution in [0.5, 0.6) is 5.75 Å². The zero-order valence-corrected chi connectivity index (χ0v) is 24.4. The summed E-state index contributed by atoms with van der Waals surface area (Å²) in [6.07, 6.45) is -2.86. The summed E-state index contributed by atoms with van der Waals surface area (Å²) in [5.41, 5.74) is -0.799. The van der Waals surface area contributed by atoms with Crippen molar-refractivity contribution in [1.29, 1.82) is 0 Å². The number of aliphatic carboxylic acids is 1. The third kappa shape index (κ3) is 6.98. The Hall–Kier alpha value is -2.62. The monoisotopic (exact) mass is 564 g/mol. The second-order valence-corrected chi connectivity index (χ2v) is 11.2. The Balaban J connectivity index is 2.09. The van der Waals surface area contributed by atoms with Crippen molar-refractivity contribution in [3.05, 3.63) is 65.2 Å². The van der Waals surface area contributed by atoms with Crippen LogP contribution in [0.2, 0.25) is 0 Å². The molecule has 0 spiro atoms. The first-order chi connectivity index (χ1) is 18.9. The number of hydrogen-bond donors (Lipinski definition) is 1. The minimum Gasteiger partial charge on any atom is -0.496 e. The number of methoxy groups -OCH3 is 1. The fraction of sp³-hybridized carbons (Fsp3) is 0.581. The summed E-state index contributed by atoms with van der Waals surface area (Å²) >= 11 is 0. The number of hydrogen-bond acceptors (Lipinski definition) is 5. The number of benzene rings is 2. The number of likely N-dealkylation sites (tertiary alicyclic amines) is 1. The Morgan fingerprint density at radius 3 is 2.30 bits per heavy atom. The van der Waals surface area contributed by atoms with Crippen LogP contribution in [0.1, 0.15) is 83.0 Å². The molecule has 1 fully saturated rings. The lowest BCUT2D eigenvalue weighted by Crippen LogP contribution is -2.56. The number of halogens is 3. The molecule has 0 radical (unpaired) electrons. The predicted molar refractivity (Wildman–Crippen MR) is 149 cm³/mol. The van der Waals surface area contributed by atoms with Gasteiger partial charge in [-0.1, -0.05) is 50.1 Å². The van der Waals surface area contributed by atoms with Crippen LogP contribution in [-0.2, 0) is 22.3 Å². The lowest BCUT2D eigenvalue weighted by Gasteiger charge is -2.43. The summed E-state index contributed by atoms with van der Waals surface area (Å²) < 4.78 is 52.2. The average molecular weight is 565 g/mol. The lowest BCUT2D eigenvalue weighted by molar-refractivity contribution is -0.154. The van der Waals surface area contributed by atoms with Crippen LogP contribution in [0, 0.1) is 0 Å². The fourth-order valence-corrected chi connectivity index (χ4v) is 5.84. The van der Waals surface area contributed by atoms with Crippen molar-refractivity contribution in [2.75, 3.05) is 13.8 Å². The quantitative estimate of drug-likeness (QED) is 0.279. The lowest BCUT2D eigenvalue weighted by atomic mass is 9.89. The van der Waals surface area contributed by atoms with Crippen molar-refractivity contribution in [2.24, 2.45) is 0 Å². The van der Waals surface area contributed by atoms with E-state index in [4.69, 9.17) is 9.47 Å². The van der Waals surface area contributed by atoms with Crippen molar-refractivity contribution in [1.82, 2.24) is 9.80 Å². The number of unbranched alkanes of at least 4 members (excludes halogenated alkanes) is 1. The van der Waals surface area contributed by atoms with Gasteiger partial charge < -0.3 is 14.6 Å². The van der Waals surface area contributed by atoms with E-state index in [0.29, 0.717) is 18.8 Å². The van der Waals surface area contributed by atoms with Crippen molar-refractivity contribution in [3.63, 3.8) is 0 Å². The highest BCUT2D eigenvalue weighted by Crippen LogP contribution is 2.48. The molecule has 3 rings (SSSR count). The SMILES string of the molecule is CCCCC1(C(=O)O)CC(OCc2cc(C(F)(F)F)ccc2OC)C(c2ccccc2)N1CN(C(C)C)C(C)C. The van der Waals surface area contributed by atoms with Gasteiger partial charge in [0, 0.05) is 24.1 Å². The summed E-state index contributed by atoms with van der Waals surface area (Å²) in [6.45, 7) is 10.7. The molecule has 2 aromatic carbocycles. The van der Waals surface area contributed by atoms with Gasteiger partial charge in [0.15, 0.2) is 0 Å². The highest BCUT2D eigenvalue weighted by Gasteiger charge is 2.57. The van der Waals surface area contributed by atoms with Crippen molar-refractivity contribution in [3.8, 4) is 5.75 Å². The molecule has 6 nitrogen and oxygen atoms in total. The maximum absolute atomic E-state index is 13.5. The van der Waals surface area contributed by atoms with Crippen LogP contribution in [0.3, 0.4) is 0 Å². The Labute approximate surface area is 236 Å². The molecule has 0 amide bonds. The number of ether oxygens (including phenoxy) is 2. The molecular weight excluding hydrogens is 521 g/mol. The van der Waals surface area contributed by atoms with Gasteiger partial charge in [-0.05, 0) is 57.9 Å². The molecule has 2 aromatic rings. The van der Waals surface area contributed by atoms with E-state index in [0.717, 1.165) is 30.5 Å². The molecule has 1 saturated heterocycles. The smallest absolute Gasteiger partial charge is 0.416 e. The molecule has 0 aromatic heterocycles. The van der Waals surface area contributed by atoms with Crippen molar-refractivity contribution >= 4 is 5.97 Å². The molecule has 222 valence electrons. The van der Waals surface area contributed by atoms with E-state index in [-0.39, 0.29) is 30.7 Å². The molecule has 9 heteroatoms. The van der Waals surface area contributed by atoms with E-state index in [2.05, 4.69) is 37.5 Å². The second-order valence-electron chi connectivity index (χ2n) is 11.2. The standard InChI is InChI=1S/C31H43F3N2O4/c1-7-8-16-30(29(37)38)18-27(40-19-24-17-25(31(32,33)34)14-15-26(24)39-6)28(23-12-10-9-11-13-23)36(30)20-35(21(2)3)22(4)5/h9-15,17,21-22,27-28H,7-8,16,18-20H2,1-6H3,(H,37,38). The molecule has 1 aliphatic rings. The van der Waals surface area contributed by atoms with Gasteiger partial charge in [0.05, 0.1) is 38.1 Å².